The molecule has 0 bridgehead atoms. The van der Waals surface area contributed by atoms with Gasteiger partial charge in [0.25, 0.3) is 0 Å². The number of hydrogen-bond acceptors (Lipinski definition) is 15. The van der Waals surface area contributed by atoms with Gasteiger partial charge in [-0.1, -0.05) is 11.3 Å². The molecule has 0 saturated carbocycles. The molecule has 0 aliphatic rings. The lowest BCUT2D eigenvalue weighted by atomic mass is 10.5. The van der Waals surface area contributed by atoms with E-state index in [2.05, 4.69) is 78.9 Å². The zero-order valence-electron chi connectivity index (χ0n) is 17.7. The number of pyridine rings is 1. The Morgan fingerprint density at radius 2 is 1.25 bits per heavy atom. The lowest BCUT2D eigenvalue weighted by molar-refractivity contribution is 1.25. The van der Waals surface area contributed by atoms with E-state index in [0.717, 1.165) is 24.8 Å². The summed E-state index contributed by atoms with van der Waals surface area (Å²) in [6.45, 7) is 0. The molecule has 8 aromatic rings. The van der Waals surface area contributed by atoms with Gasteiger partial charge in [-0.2, -0.15) is 0 Å². The standard InChI is InChI=1S/C6H3N2S.3C5H2N3S/c1-2-5-6(7-3-1)9-4-8-5;3*1-2-7-5-4(6-1)8-3-9-5/h1-2,4H;2-3H;1,3H;1-2H. The fourth-order valence-corrected chi connectivity index (χ4v) is 4.66. The highest BCUT2D eigenvalue weighted by atomic mass is 32.1. The van der Waals surface area contributed by atoms with E-state index in [9.17, 15) is 0 Å². The van der Waals surface area contributed by atoms with Crippen LogP contribution in [0.5, 0.6) is 0 Å². The van der Waals surface area contributed by atoms with Gasteiger partial charge in [0.1, 0.15) is 17.2 Å². The molecule has 0 spiro atoms. The van der Waals surface area contributed by atoms with Crippen molar-refractivity contribution < 1.29 is 0 Å². The Labute approximate surface area is 218 Å². The van der Waals surface area contributed by atoms with Crippen molar-refractivity contribution in [2.45, 2.75) is 0 Å². The lowest BCUT2D eigenvalue weighted by Gasteiger charge is -1.79. The van der Waals surface area contributed by atoms with Crippen LogP contribution in [0, 0.1) is 24.1 Å². The van der Waals surface area contributed by atoms with Crippen LogP contribution in [0.2, 0.25) is 0 Å². The fraction of sp³-hybridized carbons (Fsp3) is 0. The molecule has 15 heteroatoms. The van der Waals surface area contributed by atoms with Crippen LogP contribution in [0.3, 0.4) is 0 Å². The monoisotopic (exact) mass is 543 g/mol. The molecule has 8 aromatic heterocycles. The molecule has 172 valence electrons. The third kappa shape index (κ3) is 6.14. The Bertz CT molecular complexity index is 1410. The lowest BCUT2D eigenvalue weighted by Crippen LogP contribution is -1.75. The largest absolute Gasteiger partial charge is 0.243 e. The van der Waals surface area contributed by atoms with Crippen LogP contribution < -0.4 is 0 Å². The highest BCUT2D eigenvalue weighted by Crippen LogP contribution is 2.12. The maximum atomic E-state index is 4.05. The molecule has 0 unspecified atom stereocenters. The molecule has 0 aromatic carbocycles. The Morgan fingerprint density at radius 1 is 0.528 bits per heavy atom. The van der Waals surface area contributed by atoms with Gasteiger partial charge in [0.2, 0.25) is 0 Å². The van der Waals surface area contributed by atoms with E-state index in [1.165, 1.54) is 51.5 Å². The van der Waals surface area contributed by atoms with Crippen molar-refractivity contribution in [1.82, 2.24) is 54.8 Å². The Kier molecular flexibility index (Phi) is 7.94. The van der Waals surface area contributed by atoms with E-state index in [-0.39, 0.29) is 0 Å². The second-order valence-electron chi connectivity index (χ2n) is 6.07. The van der Waals surface area contributed by atoms with Crippen molar-refractivity contribution in [2.24, 2.45) is 0 Å². The van der Waals surface area contributed by atoms with Crippen LogP contribution in [0.15, 0.2) is 53.5 Å². The predicted molar refractivity (Wildman–Crippen MR) is 138 cm³/mol. The number of thiazole rings is 4. The highest BCUT2D eigenvalue weighted by molar-refractivity contribution is 7.17. The summed E-state index contributed by atoms with van der Waals surface area (Å²) in [5.74, 6) is 0. The summed E-state index contributed by atoms with van der Waals surface area (Å²) < 4.78 is 0. The van der Waals surface area contributed by atoms with E-state index in [1.54, 1.807) is 41.2 Å². The summed E-state index contributed by atoms with van der Waals surface area (Å²) in [5, 5.41) is 0. The zero-order chi connectivity index (χ0) is 24.4. The normalized spacial score (nSPS) is 10.2. The summed E-state index contributed by atoms with van der Waals surface area (Å²) in [5.41, 5.74) is 11.0. The maximum absolute atomic E-state index is 4.05. The Hall–Kier alpha value is -4.05. The second kappa shape index (κ2) is 12.1. The molecule has 11 nitrogen and oxygen atoms in total. The van der Waals surface area contributed by atoms with Gasteiger partial charge in [0, 0.05) is 12.4 Å². The van der Waals surface area contributed by atoms with Gasteiger partial charge < -0.3 is 0 Å². The third-order valence-corrected chi connectivity index (χ3v) is 6.71. The van der Waals surface area contributed by atoms with Crippen LogP contribution in [-0.4, -0.2) is 54.8 Å². The molecule has 0 atom stereocenters. The van der Waals surface area contributed by atoms with E-state index in [4.69, 9.17) is 0 Å². The molecule has 0 saturated heterocycles. The van der Waals surface area contributed by atoms with Crippen molar-refractivity contribution >= 4 is 87.1 Å². The molecule has 4 radical (unpaired) electrons. The minimum absolute atomic E-state index is 0.683. The third-order valence-electron chi connectivity index (χ3n) is 3.88. The van der Waals surface area contributed by atoms with Crippen LogP contribution in [0.1, 0.15) is 0 Å². The number of nitrogens with zero attached hydrogens (tertiary/aromatic N) is 11. The first-order valence-electron chi connectivity index (χ1n) is 9.71. The number of rotatable bonds is 0. The van der Waals surface area contributed by atoms with Gasteiger partial charge >= 0.3 is 0 Å². The van der Waals surface area contributed by atoms with Gasteiger partial charge in [-0.25, -0.2) is 54.8 Å². The Morgan fingerprint density at radius 3 is 2.11 bits per heavy atom. The highest BCUT2D eigenvalue weighted by Gasteiger charge is 1.95. The van der Waals surface area contributed by atoms with E-state index in [0.29, 0.717) is 16.9 Å². The van der Waals surface area contributed by atoms with Gasteiger partial charge in [0.15, 0.2) is 36.9 Å². The van der Waals surface area contributed by atoms with E-state index < -0.39 is 0 Å². The smallest absolute Gasteiger partial charge is 0.190 e. The molecule has 0 amide bonds. The first-order valence-corrected chi connectivity index (χ1v) is 13.2. The van der Waals surface area contributed by atoms with Gasteiger partial charge in [-0.05, 0) is 12.1 Å². The van der Waals surface area contributed by atoms with Crippen molar-refractivity contribution in [3.8, 4) is 0 Å². The Balaban J connectivity index is 0.0000000988. The van der Waals surface area contributed by atoms with E-state index >= 15 is 0 Å². The molecule has 8 heterocycles. The minimum atomic E-state index is 0.683. The maximum Gasteiger partial charge on any atom is 0.190 e. The molecule has 8 rings (SSSR count). The van der Waals surface area contributed by atoms with Crippen molar-refractivity contribution in [2.75, 3.05) is 0 Å². The van der Waals surface area contributed by atoms with E-state index in [1.807, 2.05) is 6.07 Å². The molecule has 36 heavy (non-hydrogen) atoms. The average Bonchev–Trinajstić information content (AvgIpc) is 3.76. The summed E-state index contributed by atoms with van der Waals surface area (Å²) in [6.07, 6.45) is 14.3. The molecular weight excluding hydrogens is 535 g/mol. The van der Waals surface area contributed by atoms with Gasteiger partial charge in [-0.15, -0.1) is 34.0 Å². The SMILES string of the molecule is [c]1ccc2ncsc2n1.[c]1cnc2ncsc2n1.[c]1cnc2scnc2n1.[c]1nc2nccnc2s1. The molecule has 0 fully saturated rings. The first-order chi connectivity index (χ1) is 17.9. The summed E-state index contributed by atoms with van der Waals surface area (Å²) in [6, 6.07) is 3.67. The summed E-state index contributed by atoms with van der Waals surface area (Å²) >= 11 is 5.87. The summed E-state index contributed by atoms with van der Waals surface area (Å²) in [4.78, 5) is 46.9. The zero-order valence-corrected chi connectivity index (χ0v) is 21.0. The number of aromatic nitrogens is 11. The topological polar surface area (TPSA) is 142 Å². The molecular formula is C21H9N11S4. The summed E-state index contributed by atoms with van der Waals surface area (Å²) in [7, 11) is 0. The van der Waals surface area contributed by atoms with Gasteiger partial charge in [-0.3, -0.25) is 0 Å². The predicted octanol–water partition coefficient (Wildman–Crippen LogP) is 4.15. The molecule has 0 aliphatic heterocycles. The first kappa shape index (κ1) is 23.7. The van der Waals surface area contributed by atoms with Crippen molar-refractivity contribution in [3.05, 3.63) is 77.6 Å². The second-order valence-corrected chi connectivity index (χ2v) is 9.34. The van der Waals surface area contributed by atoms with Crippen LogP contribution in [0.25, 0.3) is 41.8 Å². The average molecular weight is 544 g/mol. The van der Waals surface area contributed by atoms with Crippen LogP contribution in [0.4, 0.5) is 0 Å². The van der Waals surface area contributed by atoms with Gasteiger partial charge in [0.05, 0.1) is 40.6 Å². The van der Waals surface area contributed by atoms with Crippen molar-refractivity contribution in [1.29, 1.82) is 0 Å². The molecule has 0 aliphatic carbocycles. The number of fused-ring (bicyclic) bond motifs is 4. The van der Waals surface area contributed by atoms with Crippen LogP contribution >= 0.6 is 45.3 Å². The van der Waals surface area contributed by atoms with Crippen LogP contribution in [-0.2, 0) is 0 Å². The quantitative estimate of drug-likeness (QED) is 0.272. The molecule has 0 N–H and O–H groups in total. The fourth-order valence-electron chi connectivity index (χ4n) is 2.39. The minimum Gasteiger partial charge on any atom is -0.243 e. The number of hydrogen-bond donors (Lipinski definition) is 0. The van der Waals surface area contributed by atoms with Crippen molar-refractivity contribution in [3.63, 3.8) is 0 Å².